The summed E-state index contributed by atoms with van der Waals surface area (Å²) in [4.78, 5) is 5.08. The number of nitrogens with zero attached hydrogens (tertiary/aromatic N) is 2. The third kappa shape index (κ3) is 11.1. The minimum absolute atomic E-state index is 0.512. The van der Waals surface area contributed by atoms with Gasteiger partial charge in [0.05, 0.1) is 22.2 Å². The maximum atomic E-state index is 2.54. The molecular weight excluding hydrogens is 1460 g/mol. The van der Waals surface area contributed by atoms with E-state index in [9.17, 15) is 0 Å². The van der Waals surface area contributed by atoms with Crippen molar-refractivity contribution in [2.24, 2.45) is 0 Å². The zero-order valence-electron chi connectivity index (χ0n) is 66.0. The molecule has 0 amide bonds. The van der Waals surface area contributed by atoms with Gasteiger partial charge >= 0.3 is 0 Å². The first-order valence-corrected chi connectivity index (χ1v) is 42.6. The average Bonchev–Trinajstić information content (AvgIpc) is 1.54. The van der Waals surface area contributed by atoms with Gasteiger partial charge in [0.25, 0.3) is 0 Å². The molecule has 2 heterocycles. The van der Waals surface area contributed by atoms with Crippen LogP contribution in [-0.2, 0) is 10.8 Å². The van der Waals surface area contributed by atoms with Crippen molar-refractivity contribution in [3.8, 4) is 77.9 Å². The Kier molecular flexibility index (Phi) is 17.0. The van der Waals surface area contributed by atoms with E-state index in [1.54, 1.807) is 0 Å². The summed E-state index contributed by atoms with van der Waals surface area (Å²) in [5.74, 6) is 0. The highest BCUT2D eigenvalue weighted by atomic mass is 32.1. The summed E-state index contributed by atoms with van der Waals surface area (Å²) < 4.78 is 5.16. The highest BCUT2D eigenvalue weighted by molar-refractivity contribution is 7.26. The molecule has 22 rings (SSSR count). The Morgan fingerprint density at radius 1 is 0.203 bits per heavy atom. The molecular formula is C114H80N2S2. The summed E-state index contributed by atoms with van der Waals surface area (Å²) in [6, 6.07) is 155. The third-order valence-electron chi connectivity index (χ3n) is 25.4. The van der Waals surface area contributed by atoms with E-state index < -0.39 is 10.8 Å². The van der Waals surface area contributed by atoms with Crippen molar-refractivity contribution in [3.63, 3.8) is 0 Å². The monoisotopic (exact) mass is 1540 g/mol. The van der Waals surface area contributed by atoms with Crippen LogP contribution in [0.3, 0.4) is 0 Å². The Morgan fingerprint density at radius 3 is 0.890 bits per heavy atom. The SMILES string of the molecule is Cc1cc(-c2ccc(N(c3ccc(-c4ccc5c(c4)C(c4ccccc4)(c4ccccc4)c4ccccc4-5)cc3)c3c(C)cccc3-c3cccc4c3sc3ccccc34)c(C)c2)ccc1N(c1ccc(-c2ccc3c(c2)C(c2ccccc2)(c2ccccc2)c2ccccc2-3)cc1)c1c(C)cccc1-c1cccc2c1sc1ccccc12. The second-order valence-corrected chi connectivity index (χ2v) is 34.0. The van der Waals surface area contributed by atoms with E-state index in [0.29, 0.717) is 0 Å². The zero-order valence-corrected chi connectivity index (χ0v) is 67.6. The van der Waals surface area contributed by atoms with Crippen molar-refractivity contribution in [2.75, 3.05) is 9.80 Å². The number of thiophene rings is 2. The topological polar surface area (TPSA) is 6.48 Å². The van der Waals surface area contributed by atoms with E-state index in [4.69, 9.17) is 0 Å². The molecule has 4 heteroatoms. The molecule has 0 unspecified atom stereocenters. The molecule has 558 valence electrons. The summed E-state index contributed by atoms with van der Waals surface area (Å²) in [6.45, 7) is 9.16. The van der Waals surface area contributed by atoms with E-state index in [1.807, 2.05) is 22.7 Å². The quantitative estimate of drug-likeness (QED) is 0.101. The minimum atomic E-state index is -0.512. The van der Waals surface area contributed by atoms with Crippen LogP contribution >= 0.6 is 22.7 Å². The van der Waals surface area contributed by atoms with Crippen LogP contribution in [0.25, 0.3) is 118 Å². The molecule has 118 heavy (non-hydrogen) atoms. The normalized spacial score (nSPS) is 12.9. The van der Waals surface area contributed by atoms with E-state index in [1.165, 1.54) is 152 Å². The van der Waals surface area contributed by atoms with Crippen LogP contribution in [0.4, 0.5) is 34.1 Å². The summed E-state index contributed by atoms with van der Waals surface area (Å²) in [5.41, 5.74) is 37.5. The Hall–Kier alpha value is -14.0. The molecule has 0 atom stereocenters. The third-order valence-corrected chi connectivity index (χ3v) is 27.8. The van der Waals surface area contributed by atoms with Crippen molar-refractivity contribution in [2.45, 2.75) is 38.5 Å². The maximum Gasteiger partial charge on any atom is 0.0713 e. The molecule has 0 radical (unpaired) electrons. The van der Waals surface area contributed by atoms with Gasteiger partial charge < -0.3 is 9.80 Å². The van der Waals surface area contributed by atoms with Crippen molar-refractivity contribution < 1.29 is 0 Å². The van der Waals surface area contributed by atoms with Gasteiger partial charge in [-0.1, -0.05) is 340 Å². The van der Waals surface area contributed by atoms with E-state index in [2.05, 4.69) is 450 Å². The molecule has 2 aliphatic rings. The van der Waals surface area contributed by atoms with Gasteiger partial charge in [0.2, 0.25) is 0 Å². The number of aryl methyl sites for hydroxylation is 4. The van der Waals surface area contributed by atoms with Gasteiger partial charge in [-0.3, -0.25) is 0 Å². The van der Waals surface area contributed by atoms with Crippen molar-refractivity contribution in [3.05, 3.63) is 479 Å². The Morgan fingerprint density at radius 2 is 0.500 bits per heavy atom. The van der Waals surface area contributed by atoms with Crippen LogP contribution in [0, 0.1) is 27.7 Å². The maximum absolute atomic E-state index is 2.54. The van der Waals surface area contributed by atoms with Gasteiger partial charge in [0.15, 0.2) is 0 Å². The number of benzene rings is 18. The van der Waals surface area contributed by atoms with Gasteiger partial charge in [0.1, 0.15) is 0 Å². The van der Waals surface area contributed by atoms with E-state index in [-0.39, 0.29) is 0 Å². The highest BCUT2D eigenvalue weighted by Crippen LogP contribution is 2.60. The fraction of sp³-hybridized carbons (Fsp3) is 0.0526. The summed E-state index contributed by atoms with van der Waals surface area (Å²) in [7, 11) is 0. The molecule has 0 fully saturated rings. The van der Waals surface area contributed by atoms with Gasteiger partial charge in [-0.15, -0.1) is 22.7 Å². The van der Waals surface area contributed by atoms with Gasteiger partial charge in [-0.2, -0.15) is 0 Å². The number of fused-ring (bicyclic) bond motifs is 12. The standard InChI is InChI=1S/C114H80N2S2/c1-73-29-25-43-95(99-47-27-45-97-93-41-19-23-51-107(93)117-111(97)99)109(73)115(87-61-53-77(54-62-87)81-57-65-91-89-39-17-21-49-101(89)113(103(91)71-81,83-31-9-5-10-32-83)84-33-11-6-12-34-84)105-67-59-79(69-75(105)3)80-60-68-106(76(4)70-80)116(110-74(2)30-26-44-96(110)100-48-28-46-98-94-42-20-24-52-108(94)118-112(98)100)88-63-55-78(56-64-88)82-58-66-92-90-40-18-22-50-102(90)114(104(92)72-82,85-35-13-7-14-36-85)86-37-15-8-16-38-86/h5-72H,1-4H3. The molecule has 2 nitrogen and oxygen atoms in total. The molecule has 2 aliphatic carbocycles. The van der Waals surface area contributed by atoms with Crippen LogP contribution in [0.15, 0.2) is 413 Å². The summed E-state index contributed by atoms with van der Waals surface area (Å²) in [6.07, 6.45) is 0. The molecule has 0 aliphatic heterocycles. The molecule has 0 spiro atoms. The van der Waals surface area contributed by atoms with Crippen LogP contribution < -0.4 is 9.80 Å². The lowest BCUT2D eigenvalue weighted by Crippen LogP contribution is -2.28. The molecule has 2 aromatic heterocycles. The highest BCUT2D eigenvalue weighted by Gasteiger charge is 2.48. The first-order chi connectivity index (χ1) is 58.2. The van der Waals surface area contributed by atoms with Crippen LogP contribution in [0.2, 0.25) is 0 Å². The average molecular weight is 1540 g/mol. The Balaban J connectivity index is 0.669. The fourth-order valence-electron chi connectivity index (χ4n) is 20.1. The second-order valence-electron chi connectivity index (χ2n) is 31.8. The molecule has 20 aromatic rings. The number of hydrogen-bond acceptors (Lipinski definition) is 4. The van der Waals surface area contributed by atoms with Crippen LogP contribution in [0.1, 0.15) is 66.8 Å². The number of anilines is 6. The number of hydrogen-bond donors (Lipinski definition) is 0. The second kappa shape index (κ2) is 28.5. The number of para-hydroxylation sites is 2. The smallest absolute Gasteiger partial charge is 0.0713 e. The van der Waals surface area contributed by atoms with E-state index >= 15 is 0 Å². The van der Waals surface area contributed by atoms with Gasteiger partial charge in [-0.05, 0) is 223 Å². The molecule has 0 saturated carbocycles. The predicted octanol–water partition coefficient (Wildman–Crippen LogP) is 31.7. The lowest BCUT2D eigenvalue weighted by molar-refractivity contribution is 0.769. The largest absolute Gasteiger partial charge is 0.309 e. The molecule has 0 N–H and O–H groups in total. The summed E-state index contributed by atoms with van der Waals surface area (Å²) in [5, 5.41) is 5.14. The fourth-order valence-corrected chi connectivity index (χ4v) is 22.5. The van der Waals surface area contributed by atoms with Crippen molar-refractivity contribution in [1.29, 1.82) is 0 Å². The lowest BCUT2D eigenvalue weighted by Gasteiger charge is -2.34. The first kappa shape index (κ1) is 70.6. The van der Waals surface area contributed by atoms with Gasteiger partial charge in [-0.25, -0.2) is 0 Å². The predicted molar refractivity (Wildman–Crippen MR) is 502 cm³/mol. The van der Waals surface area contributed by atoms with Crippen molar-refractivity contribution in [1.82, 2.24) is 0 Å². The van der Waals surface area contributed by atoms with Crippen LogP contribution in [0.5, 0.6) is 0 Å². The van der Waals surface area contributed by atoms with Crippen LogP contribution in [-0.4, -0.2) is 0 Å². The lowest BCUT2D eigenvalue weighted by atomic mass is 9.67. The number of rotatable bonds is 15. The summed E-state index contributed by atoms with van der Waals surface area (Å²) >= 11 is 3.77. The van der Waals surface area contributed by atoms with Gasteiger partial charge in [0, 0.05) is 85.3 Å². The van der Waals surface area contributed by atoms with E-state index in [0.717, 1.165) is 67.5 Å². The minimum Gasteiger partial charge on any atom is -0.309 e. The Bertz CT molecular complexity index is 6820. The van der Waals surface area contributed by atoms with Crippen molar-refractivity contribution >= 4 is 97.1 Å². The zero-order chi connectivity index (χ0) is 78.7. The first-order valence-electron chi connectivity index (χ1n) is 40.9. The molecule has 0 bridgehead atoms. The molecule has 18 aromatic carbocycles. The Labute approximate surface area is 697 Å². The molecule has 0 saturated heterocycles.